The Kier molecular flexibility index (Phi) is 2.29. The molecule has 0 radical (unpaired) electrons. The van der Waals surface area contributed by atoms with Gasteiger partial charge in [0, 0.05) is 12.0 Å². The van der Waals surface area contributed by atoms with Gasteiger partial charge >= 0.3 is 0 Å². The van der Waals surface area contributed by atoms with Crippen LogP contribution in [0.4, 0.5) is 5.69 Å². The van der Waals surface area contributed by atoms with Crippen molar-refractivity contribution < 1.29 is 14.6 Å². The average Bonchev–Trinajstić information content (AvgIpc) is 3.09. The van der Waals surface area contributed by atoms with E-state index in [-0.39, 0.29) is 12.0 Å². The summed E-state index contributed by atoms with van der Waals surface area (Å²) in [5.41, 5.74) is 1.90. The molecule has 1 unspecified atom stereocenters. The standard InChI is InChI=1S/C12H13NO3/c14-12-5-4-9-10(13-12)2-1-3-11(9)16-7-8-6-15-8/h1-3,8H,4-7H2,(H,13,14). The van der Waals surface area contributed by atoms with Crippen molar-refractivity contribution in [2.75, 3.05) is 13.2 Å². The quantitative estimate of drug-likeness (QED) is 0.791. The molecule has 0 amide bonds. The Morgan fingerprint density at radius 2 is 2.31 bits per heavy atom. The second kappa shape index (κ2) is 3.79. The molecule has 1 fully saturated rings. The number of fused-ring (bicyclic) bond motifs is 1. The summed E-state index contributed by atoms with van der Waals surface area (Å²) >= 11 is 0. The maximum atomic E-state index is 9.36. The van der Waals surface area contributed by atoms with Gasteiger partial charge in [0.05, 0.1) is 12.3 Å². The van der Waals surface area contributed by atoms with E-state index < -0.39 is 0 Å². The molecule has 0 bridgehead atoms. The number of rotatable bonds is 3. The van der Waals surface area contributed by atoms with Gasteiger partial charge in [-0.25, -0.2) is 4.99 Å². The maximum Gasteiger partial charge on any atom is 0.186 e. The third-order valence-electron chi connectivity index (χ3n) is 2.78. The van der Waals surface area contributed by atoms with E-state index in [2.05, 4.69) is 4.99 Å². The topological polar surface area (TPSA) is 54.4 Å². The second-order valence-corrected chi connectivity index (χ2v) is 4.05. The molecule has 3 rings (SSSR count). The summed E-state index contributed by atoms with van der Waals surface area (Å²) in [5.74, 6) is 1.07. The van der Waals surface area contributed by atoms with Crippen LogP contribution in [0.1, 0.15) is 12.0 Å². The summed E-state index contributed by atoms with van der Waals surface area (Å²) in [6, 6.07) is 5.73. The summed E-state index contributed by atoms with van der Waals surface area (Å²) in [7, 11) is 0. The first-order chi connectivity index (χ1) is 7.83. The number of aliphatic hydroxyl groups excluding tert-OH is 1. The normalized spacial score (nSPS) is 22.2. The van der Waals surface area contributed by atoms with Gasteiger partial charge < -0.3 is 14.6 Å². The fourth-order valence-corrected chi connectivity index (χ4v) is 1.82. The third kappa shape index (κ3) is 1.88. The maximum absolute atomic E-state index is 9.36. The lowest BCUT2D eigenvalue weighted by molar-refractivity contribution is 0.261. The molecule has 1 N–H and O–H groups in total. The molecule has 0 aliphatic carbocycles. The van der Waals surface area contributed by atoms with Crippen molar-refractivity contribution in [3.8, 4) is 5.75 Å². The van der Waals surface area contributed by atoms with Crippen LogP contribution in [0.15, 0.2) is 23.2 Å². The first-order valence-electron chi connectivity index (χ1n) is 5.46. The molecule has 4 nitrogen and oxygen atoms in total. The van der Waals surface area contributed by atoms with Gasteiger partial charge in [0.25, 0.3) is 0 Å². The van der Waals surface area contributed by atoms with E-state index in [1.165, 1.54) is 0 Å². The molecule has 2 aliphatic heterocycles. The lowest BCUT2D eigenvalue weighted by atomic mass is 10.0. The number of epoxide rings is 1. The minimum absolute atomic E-state index is 0.204. The summed E-state index contributed by atoms with van der Waals surface area (Å²) in [6.45, 7) is 1.40. The van der Waals surface area contributed by atoms with Crippen LogP contribution < -0.4 is 4.74 Å². The highest BCUT2D eigenvalue weighted by Gasteiger charge is 2.24. The highest BCUT2D eigenvalue weighted by Crippen LogP contribution is 2.33. The SMILES string of the molecule is OC1=Nc2cccc(OCC3CO3)c2CC1. The Morgan fingerprint density at radius 1 is 1.44 bits per heavy atom. The third-order valence-corrected chi connectivity index (χ3v) is 2.78. The molecule has 1 aromatic rings. The van der Waals surface area contributed by atoms with Gasteiger partial charge in [-0.3, -0.25) is 0 Å². The van der Waals surface area contributed by atoms with Gasteiger partial charge in [0.2, 0.25) is 0 Å². The fourth-order valence-electron chi connectivity index (χ4n) is 1.82. The lowest BCUT2D eigenvalue weighted by Gasteiger charge is -2.16. The van der Waals surface area contributed by atoms with E-state index in [9.17, 15) is 5.11 Å². The molecule has 16 heavy (non-hydrogen) atoms. The van der Waals surface area contributed by atoms with E-state index in [4.69, 9.17) is 9.47 Å². The van der Waals surface area contributed by atoms with E-state index >= 15 is 0 Å². The van der Waals surface area contributed by atoms with Gasteiger partial charge in [0.1, 0.15) is 18.5 Å². The van der Waals surface area contributed by atoms with Crippen molar-refractivity contribution >= 4 is 11.6 Å². The first kappa shape index (κ1) is 9.66. The Bertz CT molecular complexity index is 438. The van der Waals surface area contributed by atoms with Crippen LogP contribution in [0, 0.1) is 0 Å². The smallest absolute Gasteiger partial charge is 0.186 e. The van der Waals surface area contributed by atoms with Crippen LogP contribution in [-0.4, -0.2) is 30.3 Å². The zero-order valence-electron chi connectivity index (χ0n) is 8.85. The number of nitrogens with zero attached hydrogens (tertiary/aromatic N) is 1. The largest absolute Gasteiger partial charge is 0.496 e. The van der Waals surface area contributed by atoms with Crippen molar-refractivity contribution in [2.45, 2.75) is 18.9 Å². The number of aliphatic hydroxyl groups is 1. The molecule has 0 saturated carbocycles. The molecule has 2 aliphatic rings. The zero-order chi connectivity index (χ0) is 11.0. The van der Waals surface area contributed by atoms with Crippen LogP contribution in [0.2, 0.25) is 0 Å². The van der Waals surface area contributed by atoms with Gasteiger partial charge in [-0.1, -0.05) is 6.07 Å². The van der Waals surface area contributed by atoms with Crippen molar-refractivity contribution in [2.24, 2.45) is 4.99 Å². The van der Waals surface area contributed by atoms with Crippen molar-refractivity contribution in [3.05, 3.63) is 23.8 Å². The Morgan fingerprint density at radius 3 is 3.12 bits per heavy atom. The summed E-state index contributed by atoms with van der Waals surface area (Å²) < 4.78 is 10.8. The van der Waals surface area contributed by atoms with Crippen molar-refractivity contribution in [1.82, 2.24) is 0 Å². The number of hydrogen-bond acceptors (Lipinski definition) is 3. The Hall–Kier alpha value is -1.55. The second-order valence-electron chi connectivity index (χ2n) is 4.05. The number of aliphatic imine (C=N–C) groups is 1. The predicted molar refractivity (Wildman–Crippen MR) is 59.7 cm³/mol. The molecule has 1 atom stereocenters. The highest BCUT2D eigenvalue weighted by atomic mass is 16.6. The number of benzene rings is 1. The molecule has 4 heteroatoms. The zero-order valence-corrected chi connectivity index (χ0v) is 8.85. The van der Waals surface area contributed by atoms with Crippen LogP contribution in [0.5, 0.6) is 5.75 Å². The van der Waals surface area contributed by atoms with Gasteiger partial charge in [0.15, 0.2) is 5.90 Å². The Labute approximate surface area is 93.5 Å². The van der Waals surface area contributed by atoms with Gasteiger partial charge in [-0.05, 0) is 18.6 Å². The van der Waals surface area contributed by atoms with Gasteiger partial charge in [-0.15, -0.1) is 0 Å². The van der Waals surface area contributed by atoms with Crippen LogP contribution in [0.3, 0.4) is 0 Å². The number of hydrogen-bond donors (Lipinski definition) is 1. The minimum atomic E-state index is 0.204. The van der Waals surface area contributed by atoms with E-state index in [0.717, 1.165) is 30.0 Å². The summed E-state index contributed by atoms with van der Waals surface area (Å²) in [5, 5.41) is 9.36. The average molecular weight is 219 g/mol. The van der Waals surface area contributed by atoms with Crippen molar-refractivity contribution in [3.63, 3.8) is 0 Å². The molecule has 2 heterocycles. The fraction of sp³-hybridized carbons (Fsp3) is 0.417. The summed E-state index contributed by atoms with van der Waals surface area (Å²) in [6.07, 6.45) is 1.64. The summed E-state index contributed by atoms with van der Waals surface area (Å²) in [4.78, 5) is 4.11. The Balaban J connectivity index is 1.84. The molecular formula is C12H13NO3. The lowest BCUT2D eigenvalue weighted by Crippen LogP contribution is -2.09. The molecule has 0 spiro atoms. The monoisotopic (exact) mass is 219 g/mol. The van der Waals surface area contributed by atoms with E-state index in [0.29, 0.717) is 13.0 Å². The molecule has 0 aromatic heterocycles. The first-order valence-corrected chi connectivity index (χ1v) is 5.46. The van der Waals surface area contributed by atoms with Crippen molar-refractivity contribution in [1.29, 1.82) is 0 Å². The van der Waals surface area contributed by atoms with E-state index in [1.54, 1.807) is 0 Å². The predicted octanol–water partition coefficient (Wildman–Crippen LogP) is 2.00. The van der Waals surface area contributed by atoms with Gasteiger partial charge in [-0.2, -0.15) is 0 Å². The van der Waals surface area contributed by atoms with Crippen LogP contribution >= 0.6 is 0 Å². The molecule has 84 valence electrons. The van der Waals surface area contributed by atoms with E-state index in [1.807, 2.05) is 18.2 Å². The minimum Gasteiger partial charge on any atom is -0.496 e. The number of ether oxygens (including phenoxy) is 2. The molecular weight excluding hydrogens is 206 g/mol. The highest BCUT2D eigenvalue weighted by molar-refractivity contribution is 5.81. The molecule has 1 saturated heterocycles. The van der Waals surface area contributed by atoms with Crippen LogP contribution in [0.25, 0.3) is 0 Å². The van der Waals surface area contributed by atoms with Crippen LogP contribution in [-0.2, 0) is 11.2 Å². The molecule has 1 aromatic carbocycles.